The molecule has 0 aliphatic rings. The molecule has 0 nitrogen and oxygen atoms in total. The van der Waals surface area contributed by atoms with Gasteiger partial charge < -0.3 is 0 Å². The Kier molecular flexibility index (Phi) is 22.7. The van der Waals surface area contributed by atoms with Gasteiger partial charge in [-0.3, -0.25) is 0 Å². The largest absolute Gasteiger partial charge is 0.168 e. The zero-order valence-corrected chi connectivity index (χ0v) is 47.3. The fraction of sp³-hybridized carbons (Fsp3) is 0. The van der Waals surface area contributed by atoms with E-state index in [0.29, 0.717) is 0 Å². The van der Waals surface area contributed by atoms with E-state index in [0.717, 1.165) is 0 Å². The van der Waals surface area contributed by atoms with Crippen LogP contribution in [0.25, 0.3) is 43.1 Å². The Labute approximate surface area is 432 Å². The third-order valence-electron chi connectivity index (χ3n) is 10.4. The second-order valence-corrected chi connectivity index (χ2v) is 29.4. The molecule has 0 saturated carbocycles. The van der Waals surface area contributed by atoms with Crippen LogP contribution in [0.5, 0.6) is 0 Å². The van der Waals surface area contributed by atoms with Crippen molar-refractivity contribution in [3.8, 4) is 0 Å². The van der Waals surface area contributed by atoms with Gasteiger partial charge in [0, 0.05) is 0 Å². The molecule has 12 rings (SSSR count). The molecule has 12 aromatic carbocycles. The van der Waals surface area contributed by atoms with Crippen LogP contribution in [0.2, 0.25) is 0 Å². The Bertz CT molecular complexity index is 2650. The molecule has 0 heterocycles. The first kappa shape index (κ1) is 51.9. The molecule has 0 aliphatic heterocycles. The molecule has 320 valence electrons. The smallest absolute Gasteiger partial charge is 0.0809 e. The van der Waals surface area contributed by atoms with Gasteiger partial charge in [-0.1, -0.05) is 24.3 Å². The van der Waals surface area contributed by atoms with E-state index in [1.54, 1.807) is 0 Å². The minimum Gasteiger partial charge on any atom is -0.168 e. The summed E-state index contributed by atoms with van der Waals surface area (Å²) in [7, 11) is 0. The van der Waals surface area contributed by atoms with Gasteiger partial charge in [-0.2, -0.15) is 70.1 Å². The summed E-state index contributed by atoms with van der Waals surface area (Å²) < 4.78 is 0. The second kappa shape index (κ2) is 28.9. The molecular weight excluding hydrogens is 1200 g/mol. The van der Waals surface area contributed by atoms with Crippen LogP contribution in [-0.2, 0) is 46.0 Å². The number of rotatable bonds is 4. The van der Waals surface area contributed by atoms with Crippen molar-refractivity contribution in [1.82, 2.24) is 0 Å². The van der Waals surface area contributed by atoms with Crippen molar-refractivity contribution in [1.29, 1.82) is 0 Å². The van der Waals surface area contributed by atoms with Gasteiger partial charge in [-0.05, 0) is 0 Å². The normalized spacial score (nSPS) is 9.76. The molecule has 6 heteroatoms. The van der Waals surface area contributed by atoms with E-state index in [4.69, 9.17) is 0 Å². The van der Waals surface area contributed by atoms with Gasteiger partial charge in [0.05, 0.1) is 0 Å². The first-order valence-electron chi connectivity index (χ1n) is 21.4. The van der Waals surface area contributed by atoms with Crippen LogP contribution in [0.15, 0.2) is 291 Å². The number of hydrogen-bond donors (Lipinski definition) is 0. The number of fused-ring (bicyclic) bond motifs is 4. The molecule has 0 aromatic heterocycles. The topological polar surface area (TPSA) is 0 Å². The fourth-order valence-electron chi connectivity index (χ4n) is 7.03. The summed E-state index contributed by atoms with van der Waals surface area (Å²) in [5.74, 6) is 0. The van der Waals surface area contributed by atoms with Crippen molar-refractivity contribution in [2.75, 3.05) is 0 Å². The quantitative estimate of drug-likeness (QED) is 0.122. The molecule has 0 fully saturated rings. The summed E-state index contributed by atoms with van der Waals surface area (Å²) in [6, 6.07) is 102. The van der Waals surface area contributed by atoms with Crippen LogP contribution in [0, 0.1) is 0 Å². The average Bonchev–Trinajstić information content (AvgIpc) is 4.24. The maximum atomic E-state index is 2.26. The van der Waals surface area contributed by atoms with E-state index in [1.807, 2.05) is 0 Å². The number of halogens is 2. The van der Waals surface area contributed by atoms with Gasteiger partial charge in [0.2, 0.25) is 0 Å². The van der Waals surface area contributed by atoms with Crippen LogP contribution in [-0.4, -0.2) is 11.0 Å². The molecule has 0 N–H and O–H groups in total. The molecule has 0 amide bonds. The zero-order chi connectivity index (χ0) is 44.0. The SMILES string of the molecule is Cl.Cl.[Hf+2]=[Si](c1ccccc1)c1ccccc1.[Hf+2]=[Si](c1ccccc1)c1ccccc1.c1ccc2[cH-]ccc2c1.c1ccc2[cH-]ccc2c1.c1ccc2[cH-]ccc2c1.c1ccc2[cH-]ccc2c1. The van der Waals surface area contributed by atoms with Crippen molar-refractivity contribution in [3.05, 3.63) is 291 Å². The fourth-order valence-corrected chi connectivity index (χ4v) is 17.0. The van der Waals surface area contributed by atoms with Crippen molar-refractivity contribution < 1.29 is 46.0 Å². The van der Waals surface area contributed by atoms with E-state index in [9.17, 15) is 0 Å². The van der Waals surface area contributed by atoms with E-state index >= 15 is 0 Å². The standard InChI is InChI=1S/2C12H10Si.4C9H7.2ClH.2Hf/c2*1-3-7-11(8-4-1)13-12-9-5-2-6-10-12;4*1-2-5-9-7-3-6-8(9)4-1;;;;/h2*1-10H;4*1-7H;2*1H;;/q;;4*-1;;;2*+2. The van der Waals surface area contributed by atoms with Crippen LogP contribution < -0.4 is 20.7 Å². The summed E-state index contributed by atoms with van der Waals surface area (Å²) in [6.45, 7) is 0. The molecule has 12 aromatic rings. The van der Waals surface area contributed by atoms with Gasteiger partial charge in [0.15, 0.2) is 0 Å². The van der Waals surface area contributed by atoms with Gasteiger partial charge >= 0.3 is 199 Å². The minimum atomic E-state index is -0.406. The van der Waals surface area contributed by atoms with Crippen molar-refractivity contribution in [2.24, 2.45) is 0 Å². The molecule has 0 saturated heterocycles. The summed E-state index contributed by atoms with van der Waals surface area (Å²) in [5.41, 5.74) is -0.812. The van der Waals surface area contributed by atoms with Crippen LogP contribution in [0.4, 0.5) is 0 Å². The first-order valence-corrected chi connectivity index (χ1v) is 35.2. The Morgan fingerprint density at radius 2 is 0.409 bits per heavy atom. The zero-order valence-electron chi connectivity index (χ0n) is 36.5. The summed E-state index contributed by atoms with van der Waals surface area (Å²) in [4.78, 5) is 0. The Morgan fingerprint density at radius 3 is 0.606 bits per heavy atom. The monoisotopic (exact) mass is 1260 g/mol. The molecule has 0 unspecified atom stereocenters. The Morgan fingerprint density at radius 1 is 0.227 bits per heavy atom. The Balaban J connectivity index is 0.000000149. The van der Waals surface area contributed by atoms with E-state index in [1.165, 1.54) is 110 Å². The van der Waals surface area contributed by atoms with Crippen molar-refractivity contribution in [3.63, 3.8) is 0 Å². The van der Waals surface area contributed by atoms with Crippen molar-refractivity contribution >= 4 is 99.6 Å². The third kappa shape index (κ3) is 16.1. The van der Waals surface area contributed by atoms with Gasteiger partial charge in [-0.15, -0.1) is 143 Å². The van der Waals surface area contributed by atoms with Crippen LogP contribution in [0.3, 0.4) is 0 Å². The number of hydrogen-bond acceptors (Lipinski definition) is 0. The maximum Gasteiger partial charge on any atom is -0.0809 e. The molecule has 0 spiro atoms. The first-order chi connectivity index (χ1) is 31.6. The third-order valence-corrected chi connectivity index (χ3v) is 26.5. The summed E-state index contributed by atoms with van der Waals surface area (Å²) in [6.07, 6.45) is 0. The molecule has 0 atom stereocenters. The van der Waals surface area contributed by atoms with E-state index in [-0.39, 0.29) is 24.8 Å². The molecule has 0 aliphatic carbocycles. The van der Waals surface area contributed by atoms with Crippen LogP contribution >= 0.6 is 24.8 Å². The summed E-state index contributed by atoms with van der Waals surface area (Å²) >= 11 is 2.53. The predicted molar refractivity (Wildman–Crippen MR) is 288 cm³/mol. The predicted octanol–water partition coefficient (Wildman–Crippen LogP) is 13.8. The average molecular weight is 1260 g/mol. The van der Waals surface area contributed by atoms with E-state index < -0.39 is 11.0 Å². The minimum absolute atomic E-state index is 0. The molecule has 0 bridgehead atoms. The second-order valence-electron chi connectivity index (χ2n) is 14.8. The van der Waals surface area contributed by atoms with E-state index in [2.05, 4.69) is 291 Å². The molecule has 66 heavy (non-hydrogen) atoms. The Hall–Kier alpha value is -5.05. The van der Waals surface area contributed by atoms with Gasteiger partial charge in [0.25, 0.3) is 0 Å². The van der Waals surface area contributed by atoms with Gasteiger partial charge in [-0.25, -0.2) is 0 Å². The molecule has 0 radical (unpaired) electrons. The molecular formula is C60H50Cl2Hf2Si2. The summed E-state index contributed by atoms with van der Waals surface area (Å²) in [5, 5.41) is 16.8. The van der Waals surface area contributed by atoms with Crippen molar-refractivity contribution in [2.45, 2.75) is 0 Å². The van der Waals surface area contributed by atoms with Gasteiger partial charge in [0.1, 0.15) is 0 Å². The number of benzene rings is 8. The maximum absolute atomic E-state index is 2.26. The van der Waals surface area contributed by atoms with Crippen LogP contribution in [0.1, 0.15) is 0 Å².